The number of carbonyl (C=O) groups excluding carboxylic acids is 1. The molecule has 0 heterocycles. The maximum Gasteiger partial charge on any atom is 0.271 e. The Balaban J connectivity index is 2.28. The number of rotatable bonds is 6. The first kappa shape index (κ1) is 20.9. The monoisotopic (exact) mass is 431 g/mol. The molecule has 11 heteroatoms. The predicted octanol–water partition coefficient (Wildman–Crippen LogP) is 3.61. The number of nitrogens with zero attached hydrogens (tertiary/aromatic N) is 2. The van der Waals surface area contributed by atoms with E-state index < -0.39 is 27.4 Å². The third kappa shape index (κ3) is 5.31. The van der Waals surface area contributed by atoms with E-state index in [2.05, 4.69) is 5.32 Å². The van der Waals surface area contributed by atoms with Gasteiger partial charge in [0.05, 0.1) is 32.6 Å². The van der Waals surface area contributed by atoms with E-state index >= 15 is 0 Å². The predicted molar refractivity (Wildman–Crippen MR) is 105 cm³/mol. The second-order valence-corrected chi connectivity index (χ2v) is 8.39. The quantitative estimate of drug-likeness (QED) is 0.554. The van der Waals surface area contributed by atoms with Crippen molar-refractivity contribution in [1.29, 1.82) is 0 Å². The Bertz CT molecular complexity index is 1010. The van der Waals surface area contributed by atoms with Gasteiger partial charge in [-0.3, -0.25) is 19.2 Å². The first-order valence-electron chi connectivity index (χ1n) is 7.46. The summed E-state index contributed by atoms with van der Waals surface area (Å²) in [6, 6.07) is 8.17. The molecule has 2 aromatic rings. The van der Waals surface area contributed by atoms with Gasteiger partial charge in [-0.05, 0) is 30.7 Å². The van der Waals surface area contributed by atoms with Crippen LogP contribution in [0.5, 0.6) is 0 Å². The van der Waals surface area contributed by atoms with Gasteiger partial charge in [0, 0.05) is 12.1 Å². The molecule has 0 radical (unpaired) electrons. The van der Waals surface area contributed by atoms with Crippen LogP contribution in [0.2, 0.25) is 10.0 Å². The van der Waals surface area contributed by atoms with Crippen LogP contribution in [0.25, 0.3) is 0 Å². The lowest BCUT2D eigenvalue weighted by Crippen LogP contribution is -2.37. The fourth-order valence-electron chi connectivity index (χ4n) is 2.22. The van der Waals surface area contributed by atoms with Crippen molar-refractivity contribution in [2.45, 2.75) is 6.92 Å². The van der Waals surface area contributed by atoms with Gasteiger partial charge >= 0.3 is 0 Å². The molecule has 27 heavy (non-hydrogen) atoms. The number of benzene rings is 2. The molecule has 0 aliphatic heterocycles. The first-order chi connectivity index (χ1) is 12.5. The average molecular weight is 432 g/mol. The lowest BCUT2D eigenvalue weighted by Gasteiger charge is -2.22. The van der Waals surface area contributed by atoms with Gasteiger partial charge in [0.25, 0.3) is 5.69 Å². The highest BCUT2D eigenvalue weighted by molar-refractivity contribution is 7.92. The van der Waals surface area contributed by atoms with E-state index in [1.807, 2.05) is 0 Å². The Morgan fingerprint density at radius 1 is 1.19 bits per heavy atom. The highest BCUT2D eigenvalue weighted by Crippen LogP contribution is 2.28. The number of nitrogens with one attached hydrogen (secondary N) is 1. The molecule has 144 valence electrons. The van der Waals surface area contributed by atoms with Crippen molar-refractivity contribution < 1.29 is 18.1 Å². The number of aryl methyl sites for hydroxylation is 1. The number of non-ortho nitro benzene ring substituents is 1. The fraction of sp³-hybridized carbons (Fsp3) is 0.188. The Kier molecular flexibility index (Phi) is 6.30. The van der Waals surface area contributed by atoms with E-state index in [9.17, 15) is 23.3 Å². The zero-order valence-corrected chi connectivity index (χ0v) is 16.6. The van der Waals surface area contributed by atoms with Crippen LogP contribution in [-0.2, 0) is 14.8 Å². The normalized spacial score (nSPS) is 11.1. The largest absolute Gasteiger partial charge is 0.324 e. The van der Waals surface area contributed by atoms with Crippen LogP contribution in [0.3, 0.4) is 0 Å². The molecule has 2 rings (SSSR count). The van der Waals surface area contributed by atoms with Crippen LogP contribution in [0.4, 0.5) is 17.1 Å². The SMILES string of the molecule is Cc1ccc([N+](=O)[O-])cc1NC(=O)CN(c1ccc(Cl)c(Cl)c1)S(C)(=O)=O. The van der Waals surface area contributed by atoms with Gasteiger partial charge in [-0.2, -0.15) is 0 Å². The van der Waals surface area contributed by atoms with E-state index in [0.29, 0.717) is 5.56 Å². The smallest absolute Gasteiger partial charge is 0.271 e. The van der Waals surface area contributed by atoms with Crippen molar-refractivity contribution in [2.75, 3.05) is 22.4 Å². The molecule has 0 aliphatic rings. The van der Waals surface area contributed by atoms with Gasteiger partial charge in [0.1, 0.15) is 6.54 Å². The molecule has 0 fully saturated rings. The number of anilines is 2. The van der Waals surface area contributed by atoms with E-state index in [-0.39, 0.29) is 27.1 Å². The van der Waals surface area contributed by atoms with Crippen molar-refractivity contribution in [3.05, 3.63) is 62.1 Å². The summed E-state index contributed by atoms with van der Waals surface area (Å²) in [6.45, 7) is 1.12. The van der Waals surface area contributed by atoms with Crippen molar-refractivity contribution in [1.82, 2.24) is 0 Å². The van der Waals surface area contributed by atoms with Crippen LogP contribution in [0.1, 0.15) is 5.56 Å². The fourth-order valence-corrected chi connectivity index (χ4v) is 3.36. The third-order valence-electron chi connectivity index (χ3n) is 3.58. The lowest BCUT2D eigenvalue weighted by atomic mass is 10.2. The van der Waals surface area contributed by atoms with E-state index in [0.717, 1.165) is 10.6 Å². The van der Waals surface area contributed by atoms with Gasteiger partial charge in [0.15, 0.2) is 0 Å². The number of amides is 1. The van der Waals surface area contributed by atoms with Crippen molar-refractivity contribution in [3.8, 4) is 0 Å². The van der Waals surface area contributed by atoms with E-state index in [1.165, 1.54) is 36.4 Å². The number of carbonyl (C=O) groups is 1. The second kappa shape index (κ2) is 8.12. The first-order valence-corrected chi connectivity index (χ1v) is 10.1. The lowest BCUT2D eigenvalue weighted by molar-refractivity contribution is -0.384. The van der Waals surface area contributed by atoms with Gasteiger partial charge in [-0.15, -0.1) is 0 Å². The summed E-state index contributed by atoms with van der Waals surface area (Å²) in [7, 11) is -3.80. The molecular formula is C16H15Cl2N3O5S. The second-order valence-electron chi connectivity index (χ2n) is 5.67. The summed E-state index contributed by atoms with van der Waals surface area (Å²) < 4.78 is 25.1. The van der Waals surface area contributed by atoms with Crippen LogP contribution in [-0.4, -0.2) is 32.0 Å². The molecule has 1 N–H and O–H groups in total. The summed E-state index contributed by atoms with van der Waals surface area (Å²) in [5.41, 5.74) is 0.782. The highest BCUT2D eigenvalue weighted by Gasteiger charge is 2.22. The molecule has 1 amide bonds. The number of sulfonamides is 1. The van der Waals surface area contributed by atoms with Crippen LogP contribution in [0.15, 0.2) is 36.4 Å². The van der Waals surface area contributed by atoms with Crippen LogP contribution >= 0.6 is 23.2 Å². The summed E-state index contributed by atoms with van der Waals surface area (Å²) in [6.07, 6.45) is 0.946. The number of nitro benzene ring substituents is 1. The molecule has 0 bridgehead atoms. The third-order valence-corrected chi connectivity index (χ3v) is 5.46. The van der Waals surface area contributed by atoms with Gasteiger partial charge in [-0.1, -0.05) is 29.3 Å². The Labute approximate surface area is 165 Å². The van der Waals surface area contributed by atoms with Crippen LogP contribution in [0, 0.1) is 17.0 Å². The molecule has 0 saturated heterocycles. The molecule has 0 aromatic heterocycles. The number of nitro groups is 1. The summed E-state index contributed by atoms with van der Waals surface area (Å²) in [5, 5.41) is 13.8. The average Bonchev–Trinajstić information content (AvgIpc) is 2.56. The number of halogens is 2. The zero-order chi connectivity index (χ0) is 20.4. The highest BCUT2D eigenvalue weighted by atomic mass is 35.5. The topological polar surface area (TPSA) is 110 Å². The molecule has 0 spiro atoms. The number of hydrogen-bond acceptors (Lipinski definition) is 5. The number of hydrogen-bond donors (Lipinski definition) is 1. The molecular weight excluding hydrogens is 417 g/mol. The minimum Gasteiger partial charge on any atom is -0.324 e. The van der Waals surface area contributed by atoms with Gasteiger partial charge < -0.3 is 5.32 Å². The van der Waals surface area contributed by atoms with Crippen molar-refractivity contribution >= 4 is 56.2 Å². The summed E-state index contributed by atoms with van der Waals surface area (Å²) in [4.78, 5) is 22.7. The van der Waals surface area contributed by atoms with E-state index in [1.54, 1.807) is 6.92 Å². The summed E-state index contributed by atoms with van der Waals surface area (Å²) >= 11 is 11.8. The van der Waals surface area contributed by atoms with E-state index in [4.69, 9.17) is 23.2 Å². The van der Waals surface area contributed by atoms with Gasteiger partial charge in [-0.25, -0.2) is 8.42 Å². The molecule has 0 saturated carbocycles. The molecule has 0 atom stereocenters. The minimum atomic E-state index is -3.80. The summed E-state index contributed by atoms with van der Waals surface area (Å²) in [5.74, 6) is -0.671. The van der Waals surface area contributed by atoms with Crippen molar-refractivity contribution in [3.63, 3.8) is 0 Å². The van der Waals surface area contributed by atoms with Crippen LogP contribution < -0.4 is 9.62 Å². The Morgan fingerprint density at radius 3 is 2.41 bits per heavy atom. The van der Waals surface area contributed by atoms with Gasteiger partial charge in [0.2, 0.25) is 15.9 Å². The molecule has 0 aliphatic carbocycles. The zero-order valence-electron chi connectivity index (χ0n) is 14.3. The van der Waals surface area contributed by atoms with Crippen molar-refractivity contribution in [2.24, 2.45) is 0 Å². The maximum atomic E-state index is 12.4. The minimum absolute atomic E-state index is 0.137. The molecule has 2 aromatic carbocycles. The Hall–Kier alpha value is -2.36. The molecule has 0 unspecified atom stereocenters. The maximum absolute atomic E-state index is 12.4. The molecule has 8 nitrogen and oxygen atoms in total. The Morgan fingerprint density at radius 2 is 1.85 bits per heavy atom. The standard InChI is InChI=1S/C16H15Cl2N3O5S/c1-10-3-4-12(21(23)24)8-15(10)19-16(22)9-20(27(2,25)26)11-5-6-13(17)14(18)7-11/h3-8H,9H2,1-2H3,(H,19,22).